The number of pyridine rings is 1. The highest BCUT2D eigenvalue weighted by atomic mass is 19.1. The maximum absolute atomic E-state index is 13.1. The van der Waals surface area contributed by atoms with Gasteiger partial charge < -0.3 is 10.3 Å². The van der Waals surface area contributed by atoms with Crippen molar-refractivity contribution in [1.29, 1.82) is 0 Å². The lowest BCUT2D eigenvalue weighted by Crippen LogP contribution is -1.94. The second-order valence-corrected chi connectivity index (χ2v) is 4.26. The Kier molecular flexibility index (Phi) is 3.12. The lowest BCUT2D eigenvalue weighted by molar-refractivity contribution is 0.423. The molecule has 2 heterocycles. The largest absolute Gasteiger partial charge is 0.397 e. The fraction of sp³-hybridized carbons (Fsp3) is 0.0714. The molecule has 0 atom stereocenters. The van der Waals surface area contributed by atoms with Crippen molar-refractivity contribution in [3.05, 3.63) is 59.8 Å². The quantitative estimate of drug-likeness (QED) is 0.790. The predicted octanol–water partition coefficient (Wildman–Crippen LogP) is 2.44. The normalized spacial score (nSPS) is 10.7. The van der Waals surface area contributed by atoms with Gasteiger partial charge in [0.1, 0.15) is 5.82 Å². The van der Waals surface area contributed by atoms with Crippen molar-refractivity contribution in [3.8, 4) is 11.6 Å². The molecule has 0 aliphatic carbocycles. The number of anilines is 1. The van der Waals surface area contributed by atoms with Crippen LogP contribution in [0.4, 0.5) is 10.1 Å². The molecule has 0 aliphatic heterocycles. The second-order valence-electron chi connectivity index (χ2n) is 4.26. The number of benzene rings is 1. The molecule has 0 amide bonds. The predicted molar refractivity (Wildman–Crippen MR) is 71.1 cm³/mol. The molecule has 0 radical (unpaired) electrons. The Morgan fingerprint density at radius 1 is 1.20 bits per heavy atom. The summed E-state index contributed by atoms with van der Waals surface area (Å²) < 4.78 is 18.2. The number of rotatable bonds is 3. The number of hydrogen-bond donors (Lipinski definition) is 1. The number of nitrogen functional groups attached to an aromatic ring is 1. The summed E-state index contributed by atoms with van der Waals surface area (Å²) in [5, 5.41) is 3.85. The van der Waals surface area contributed by atoms with Gasteiger partial charge in [0.05, 0.1) is 5.69 Å². The minimum atomic E-state index is -0.291. The van der Waals surface area contributed by atoms with Crippen LogP contribution in [0.5, 0.6) is 0 Å². The number of nitrogens with two attached hydrogens (primary N) is 1. The Hall–Kier alpha value is -2.76. The van der Waals surface area contributed by atoms with Gasteiger partial charge in [-0.2, -0.15) is 4.98 Å². The molecule has 0 saturated carbocycles. The van der Waals surface area contributed by atoms with Crippen molar-refractivity contribution in [2.75, 3.05) is 5.73 Å². The van der Waals surface area contributed by atoms with Gasteiger partial charge in [-0.1, -0.05) is 17.3 Å². The van der Waals surface area contributed by atoms with Crippen molar-refractivity contribution in [3.63, 3.8) is 0 Å². The smallest absolute Gasteiger partial charge is 0.278 e. The third-order valence-electron chi connectivity index (χ3n) is 2.76. The van der Waals surface area contributed by atoms with E-state index in [2.05, 4.69) is 15.1 Å². The van der Waals surface area contributed by atoms with Gasteiger partial charge in [-0.15, -0.1) is 0 Å². The lowest BCUT2D eigenvalue weighted by Gasteiger charge is -1.97. The topological polar surface area (TPSA) is 77.8 Å². The highest BCUT2D eigenvalue weighted by molar-refractivity contribution is 5.65. The van der Waals surface area contributed by atoms with Gasteiger partial charge in [0.15, 0.2) is 11.5 Å². The Labute approximate surface area is 114 Å². The van der Waals surface area contributed by atoms with E-state index in [4.69, 9.17) is 10.3 Å². The summed E-state index contributed by atoms with van der Waals surface area (Å²) in [5.74, 6) is 0.422. The van der Waals surface area contributed by atoms with E-state index < -0.39 is 0 Å². The molecule has 0 aliphatic rings. The molecule has 2 N–H and O–H groups in total. The fourth-order valence-corrected chi connectivity index (χ4v) is 1.85. The molecule has 6 heteroatoms. The average molecular weight is 270 g/mol. The molecule has 0 spiro atoms. The van der Waals surface area contributed by atoms with E-state index in [0.717, 1.165) is 5.56 Å². The Morgan fingerprint density at radius 2 is 2.10 bits per heavy atom. The number of halogens is 1. The maximum Gasteiger partial charge on any atom is 0.278 e. The zero-order valence-electron chi connectivity index (χ0n) is 10.5. The maximum atomic E-state index is 13.1. The van der Waals surface area contributed by atoms with Crippen LogP contribution in [0, 0.1) is 5.82 Å². The molecule has 100 valence electrons. The van der Waals surface area contributed by atoms with E-state index in [9.17, 15) is 4.39 Å². The van der Waals surface area contributed by atoms with Crippen LogP contribution in [0.25, 0.3) is 11.6 Å². The van der Waals surface area contributed by atoms with E-state index in [1.54, 1.807) is 30.5 Å². The summed E-state index contributed by atoms with van der Waals surface area (Å²) in [4.78, 5) is 8.33. The number of hydrogen-bond acceptors (Lipinski definition) is 5. The first kappa shape index (κ1) is 12.3. The minimum absolute atomic E-state index is 0.259. The summed E-state index contributed by atoms with van der Waals surface area (Å²) in [6.45, 7) is 0. The highest BCUT2D eigenvalue weighted by Crippen LogP contribution is 2.21. The third-order valence-corrected chi connectivity index (χ3v) is 2.76. The van der Waals surface area contributed by atoms with E-state index in [1.807, 2.05) is 0 Å². The van der Waals surface area contributed by atoms with Crippen LogP contribution in [-0.2, 0) is 6.42 Å². The average Bonchev–Trinajstić information content (AvgIpc) is 2.87. The monoisotopic (exact) mass is 270 g/mol. The summed E-state index contributed by atoms with van der Waals surface area (Å²) in [7, 11) is 0. The molecule has 0 unspecified atom stereocenters. The molecule has 0 saturated heterocycles. The van der Waals surface area contributed by atoms with Crippen LogP contribution in [0.3, 0.4) is 0 Å². The Morgan fingerprint density at radius 3 is 2.90 bits per heavy atom. The van der Waals surface area contributed by atoms with Crippen LogP contribution in [-0.4, -0.2) is 15.1 Å². The highest BCUT2D eigenvalue weighted by Gasteiger charge is 2.13. The minimum Gasteiger partial charge on any atom is -0.397 e. The first-order valence-electron chi connectivity index (χ1n) is 6.00. The van der Waals surface area contributed by atoms with Crippen LogP contribution in [0.2, 0.25) is 0 Å². The van der Waals surface area contributed by atoms with Gasteiger partial charge in [0.2, 0.25) is 0 Å². The van der Waals surface area contributed by atoms with Crippen molar-refractivity contribution in [2.45, 2.75) is 6.42 Å². The first-order valence-corrected chi connectivity index (χ1v) is 6.00. The van der Waals surface area contributed by atoms with Crippen LogP contribution in [0.15, 0.2) is 47.1 Å². The fourth-order valence-electron chi connectivity index (χ4n) is 1.85. The lowest BCUT2D eigenvalue weighted by atomic mass is 10.1. The molecule has 20 heavy (non-hydrogen) atoms. The summed E-state index contributed by atoms with van der Waals surface area (Å²) in [5.41, 5.74) is 7.48. The summed E-state index contributed by atoms with van der Waals surface area (Å²) in [6, 6.07) is 9.70. The van der Waals surface area contributed by atoms with Crippen molar-refractivity contribution in [2.24, 2.45) is 0 Å². The van der Waals surface area contributed by atoms with E-state index in [1.165, 1.54) is 12.1 Å². The second kappa shape index (κ2) is 5.08. The Balaban J connectivity index is 1.86. The first-order chi connectivity index (χ1) is 9.72. The van der Waals surface area contributed by atoms with Crippen molar-refractivity contribution in [1.82, 2.24) is 15.1 Å². The van der Waals surface area contributed by atoms with Gasteiger partial charge in [-0.05, 0) is 29.8 Å². The van der Waals surface area contributed by atoms with E-state index in [0.29, 0.717) is 23.6 Å². The molecule has 2 aromatic heterocycles. The van der Waals surface area contributed by atoms with Crippen LogP contribution < -0.4 is 5.73 Å². The van der Waals surface area contributed by atoms with Gasteiger partial charge in [0, 0.05) is 12.6 Å². The van der Waals surface area contributed by atoms with E-state index in [-0.39, 0.29) is 11.7 Å². The molecule has 0 bridgehead atoms. The Bertz CT molecular complexity index is 741. The molecular weight excluding hydrogens is 259 g/mol. The zero-order valence-corrected chi connectivity index (χ0v) is 10.5. The van der Waals surface area contributed by atoms with Crippen LogP contribution >= 0.6 is 0 Å². The molecule has 3 rings (SSSR count). The van der Waals surface area contributed by atoms with Crippen molar-refractivity contribution >= 4 is 5.69 Å². The molecule has 0 fully saturated rings. The van der Waals surface area contributed by atoms with Gasteiger partial charge in [0.25, 0.3) is 5.89 Å². The molecule has 5 nitrogen and oxygen atoms in total. The third kappa shape index (κ3) is 2.49. The standard InChI is InChI=1S/C14H11FN4O/c15-10-4-1-3-9(7-10)8-12-18-14(20-19-12)13-11(16)5-2-6-17-13/h1-7H,8,16H2. The zero-order chi connectivity index (χ0) is 13.9. The summed E-state index contributed by atoms with van der Waals surface area (Å²) in [6.07, 6.45) is 1.98. The molecular formula is C14H11FN4O. The van der Waals surface area contributed by atoms with Crippen LogP contribution in [0.1, 0.15) is 11.4 Å². The van der Waals surface area contributed by atoms with Gasteiger partial charge in [-0.3, -0.25) is 0 Å². The van der Waals surface area contributed by atoms with E-state index >= 15 is 0 Å². The summed E-state index contributed by atoms with van der Waals surface area (Å²) >= 11 is 0. The molecule has 1 aromatic carbocycles. The van der Waals surface area contributed by atoms with Gasteiger partial charge in [-0.25, -0.2) is 9.37 Å². The van der Waals surface area contributed by atoms with Gasteiger partial charge >= 0.3 is 0 Å². The number of nitrogens with zero attached hydrogens (tertiary/aromatic N) is 3. The number of aromatic nitrogens is 3. The SMILES string of the molecule is Nc1cccnc1-c1nc(Cc2cccc(F)c2)no1. The molecule has 3 aromatic rings. The van der Waals surface area contributed by atoms with Crippen molar-refractivity contribution < 1.29 is 8.91 Å².